The zero-order chi connectivity index (χ0) is 42.7. The average molecular weight is 845 g/mol. The molecule has 0 saturated carbocycles. The summed E-state index contributed by atoms with van der Waals surface area (Å²) in [6, 6.07) is 0. The highest BCUT2D eigenvalue weighted by molar-refractivity contribution is 7.85. The predicted octanol–water partition coefficient (Wildman–Crippen LogP) is 9.00. The van der Waals surface area contributed by atoms with E-state index in [2.05, 4.69) is 50.3 Å². The summed E-state index contributed by atoms with van der Waals surface area (Å²) < 4.78 is 54.0. The molecular weight excluding hydrogens is 765 g/mol. The molecule has 0 aromatic carbocycles. The fourth-order valence-electron chi connectivity index (χ4n) is 6.66. The van der Waals surface area contributed by atoms with Gasteiger partial charge in [-0.25, -0.2) is 0 Å². The number of hydrogen-bond acceptors (Lipinski definition) is 11. The highest BCUT2D eigenvalue weighted by atomic mass is 32.2. The van der Waals surface area contributed by atoms with Crippen LogP contribution in [0.15, 0.2) is 36.5 Å². The topological polar surface area (TPSA) is 186 Å². The van der Waals surface area contributed by atoms with Gasteiger partial charge in [0, 0.05) is 12.8 Å². The van der Waals surface area contributed by atoms with Crippen molar-refractivity contribution in [3.8, 4) is 0 Å². The molecule has 0 bridgehead atoms. The van der Waals surface area contributed by atoms with E-state index in [-0.39, 0.29) is 19.4 Å². The Morgan fingerprint density at radius 3 is 1.57 bits per heavy atom. The minimum absolute atomic E-state index is 0.144. The van der Waals surface area contributed by atoms with Crippen LogP contribution in [0.2, 0.25) is 0 Å². The molecule has 13 heteroatoms. The summed E-state index contributed by atoms with van der Waals surface area (Å²) in [5.74, 6) is -2.02. The molecule has 6 atom stereocenters. The summed E-state index contributed by atoms with van der Waals surface area (Å²) in [5.41, 5.74) is 0. The zero-order valence-electron chi connectivity index (χ0n) is 35.9. The van der Waals surface area contributed by atoms with Crippen LogP contribution in [-0.4, -0.2) is 96.0 Å². The Morgan fingerprint density at radius 2 is 1.03 bits per heavy atom. The van der Waals surface area contributed by atoms with Crippen molar-refractivity contribution in [2.24, 2.45) is 0 Å². The van der Waals surface area contributed by atoms with Gasteiger partial charge < -0.3 is 34.3 Å². The van der Waals surface area contributed by atoms with E-state index in [1.165, 1.54) is 77.0 Å². The monoisotopic (exact) mass is 845 g/mol. The van der Waals surface area contributed by atoms with Crippen molar-refractivity contribution in [2.75, 3.05) is 19.0 Å². The van der Waals surface area contributed by atoms with Gasteiger partial charge >= 0.3 is 11.9 Å². The van der Waals surface area contributed by atoms with Crippen LogP contribution in [0.4, 0.5) is 0 Å². The van der Waals surface area contributed by atoms with Crippen LogP contribution in [0.3, 0.4) is 0 Å². The number of carbonyl (C=O) groups is 2. The van der Waals surface area contributed by atoms with Crippen LogP contribution < -0.4 is 0 Å². The predicted molar refractivity (Wildman–Crippen MR) is 229 cm³/mol. The summed E-state index contributed by atoms with van der Waals surface area (Å²) >= 11 is 0. The summed E-state index contributed by atoms with van der Waals surface area (Å²) in [4.78, 5) is 25.4. The quantitative estimate of drug-likeness (QED) is 0.0153. The maximum atomic E-state index is 12.8. The fourth-order valence-corrected chi connectivity index (χ4v) is 7.35. The molecule has 0 radical (unpaired) electrons. The molecule has 1 heterocycles. The van der Waals surface area contributed by atoms with E-state index in [0.29, 0.717) is 12.8 Å². The molecule has 0 amide bonds. The highest BCUT2D eigenvalue weighted by Crippen LogP contribution is 2.24. The number of allylic oxidation sites excluding steroid dienone is 6. The summed E-state index contributed by atoms with van der Waals surface area (Å²) in [6.45, 7) is 3.71. The van der Waals surface area contributed by atoms with Crippen LogP contribution in [0.1, 0.15) is 181 Å². The lowest BCUT2D eigenvalue weighted by molar-refractivity contribution is -0.297. The van der Waals surface area contributed by atoms with Gasteiger partial charge in [-0.2, -0.15) is 8.42 Å². The van der Waals surface area contributed by atoms with Crippen LogP contribution in [-0.2, 0) is 38.7 Å². The van der Waals surface area contributed by atoms with Crippen molar-refractivity contribution in [2.45, 2.75) is 218 Å². The first-order valence-electron chi connectivity index (χ1n) is 22.6. The Kier molecular flexibility index (Phi) is 33.1. The molecule has 338 valence electrons. The maximum absolute atomic E-state index is 12.8. The van der Waals surface area contributed by atoms with E-state index in [1.54, 1.807) is 0 Å². The first-order valence-corrected chi connectivity index (χ1v) is 24.2. The van der Waals surface area contributed by atoms with Gasteiger partial charge in [-0.15, -0.1) is 0 Å². The number of carbonyl (C=O) groups excluding carboxylic acids is 2. The smallest absolute Gasteiger partial charge is 0.306 e. The molecule has 0 aromatic rings. The molecule has 58 heavy (non-hydrogen) atoms. The molecule has 4 N–H and O–H groups in total. The van der Waals surface area contributed by atoms with Gasteiger partial charge in [-0.1, -0.05) is 140 Å². The standard InChI is InChI=1S/C45H80O12S/c1-3-5-7-9-11-13-15-17-19-21-23-25-27-29-31-33-40(46)54-35-38(36-55-45-44(50)43(49)42(48)39(57-45)37-58(51,52)53)56-41(47)34-32-30-28-26-24-22-20-18-16-14-12-10-8-6-4-2/h14,16,18,20-21,23,38-39,42-45,48-50H,3-13,15,17,19,22,24-37H2,1-2H3,(H,51,52,53)/b16-14+,20-18+,23-21+/t38-,39-,42-,43?,44?,45+/m1/s1. The Morgan fingerprint density at radius 1 is 0.586 bits per heavy atom. The van der Waals surface area contributed by atoms with E-state index < -0.39 is 71.2 Å². The average Bonchev–Trinajstić information content (AvgIpc) is 3.18. The largest absolute Gasteiger partial charge is 0.462 e. The first kappa shape index (κ1) is 53.9. The van der Waals surface area contributed by atoms with E-state index in [4.69, 9.17) is 18.9 Å². The zero-order valence-corrected chi connectivity index (χ0v) is 36.7. The van der Waals surface area contributed by atoms with Gasteiger partial charge in [0.2, 0.25) is 0 Å². The molecule has 1 rings (SSSR count). The SMILES string of the molecule is CCCCCC/C=C/C=C/CCCCCCCC(=O)O[C@H](COC(=O)CCCCC/C=C/CCCCCCCCCC)CO[C@H]1O[C@H](CS(=O)(=O)O)[C@@H](O)C(O)C1O. The van der Waals surface area contributed by atoms with Crippen molar-refractivity contribution in [1.82, 2.24) is 0 Å². The number of esters is 2. The van der Waals surface area contributed by atoms with Crippen LogP contribution in [0, 0.1) is 0 Å². The number of hydrogen-bond donors (Lipinski definition) is 4. The molecule has 0 aliphatic carbocycles. The molecule has 1 saturated heterocycles. The van der Waals surface area contributed by atoms with Crippen molar-refractivity contribution in [3.63, 3.8) is 0 Å². The number of rotatable bonds is 37. The second kappa shape index (κ2) is 35.6. The molecule has 1 aliphatic rings. The van der Waals surface area contributed by atoms with E-state index in [0.717, 1.165) is 64.2 Å². The first-order chi connectivity index (χ1) is 28.0. The summed E-state index contributed by atoms with van der Waals surface area (Å²) in [5, 5.41) is 30.9. The third kappa shape index (κ3) is 30.0. The Labute approximate surface area is 351 Å². The molecule has 1 aliphatic heterocycles. The van der Waals surface area contributed by atoms with Crippen LogP contribution in [0.25, 0.3) is 0 Å². The van der Waals surface area contributed by atoms with Gasteiger partial charge in [-0.3, -0.25) is 14.1 Å². The Balaban J connectivity index is 2.48. The number of ether oxygens (including phenoxy) is 4. The lowest BCUT2D eigenvalue weighted by Crippen LogP contribution is -2.60. The Hall–Kier alpha value is -2.13. The third-order valence-electron chi connectivity index (χ3n) is 10.2. The van der Waals surface area contributed by atoms with Crippen molar-refractivity contribution in [1.29, 1.82) is 0 Å². The molecule has 0 spiro atoms. The second-order valence-corrected chi connectivity index (χ2v) is 17.2. The van der Waals surface area contributed by atoms with Gasteiger partial charge in [0.1, 0.15) is 36.8 Å². The lowest BCUT2D eigenvalue weighted by Gasteiger charge is -2.40. The second-order valence-electron chi connectivity index (χ2n) is 15.7. The van der Waals surface area contributed by atoms with E-state index in [1.807, 2.05) is 0 Å². The van der Waals surface area contributed by atoms with E-state index in [9.17, 15) is 37.9 Å². The molecule has 12 nitrogen and oxygen atoms in total. The van der Waals surface area contributed by atoms with Gasteiger partial charge in [0.15, 0.2) is 12.4 Å². The van der Waals surface area contributed by atoms with Gasteiger partial charge in [0.05, 0.1) is 6.61 Å². The normalized spacial score (nSPS) is 20.7. The Bertz CT molecular complexity index is 1220. The van der Waals surface area contributed by atoms with Crippen molar-refractivity contribution >= 4 is 22.1 Å². The molecule has 2 unspecified atom stereocenters. The molecule has 1 fully saturated rings. The number of unbranched alkanes of at least 4 members (excludes halogenated alkanes) is 20. The number of aliphatic hydroxyl groups excluding tert-OH is 3. The molecule has 0 aromatic heterocycles. The van der Waals surface area contributed by atoms with Crippen molar-refractivity contribution < 1.29 is 56.8 Å². The van der Waals surface area contributed by atoms with Gasteiger partial charge in [-0.05, 0) is 64.2 Å². The molecular formula is C45H80O12S. The maximum Gasteiger partial charge on any atom is 0.306 e. The third-order valence-corrected chi connectivity index (χ3v) is 11.0. The summed E-state index contributed by atoms with van der Waals surface area (Å²) in [6.07, 6.45) is 30.4. The van der Waals surface area contributed by atoms with E-state index >= 15 is 0 Å². The highest BCUT2D eigenvalue weighted by Gasteiger charge is 2.46. The minimum Gasteiger partial charge on any atom is -0.462 e. The number of aliphatic hydroxyl groups is 3. The van der Waals surface area contributed by atoms with Gasteiger partial charge in [0.25, 0.3) is 10.1 Å². The summed E-state index contributed by atoms with van der Waals surface area (Å²) in [7, 11) is -4.60. The lowest BCUT2D eigenvalue weighted by atomic mass is 10.00. The van der Waals surface area contributed by atoms with Crippen LogP contribution in [0.5, 0.6) is 0 Å². The minimum atomic E-state index is -4.60. The fraction of sp³-hybridized carbons (Fsp3) is 0.822. The van der Waals surface area contributed by atoms with Crippen molar-refractivity contribution in [3.05, 3.63) is 36.5 Å². The van der Waals surface area contributed by atoms with Crippen LogP contribution >= 0.6 is 0 Å².